The fourth-order valence-electron chi connectivity index (χ4n) is 7.33. The maximum absolute atomic E-state index is 12.1. The van der Waals surface area contributed by atoms with Crippen LogP contribution < -0.4 is 0 Å². The van der Waals surface area contributed by atoms with E-state index >= 15 is 0 Å². The highest BCUT2D eigenvalue weighted by Gasteiger charge is 2.61. The second-order valence-corrected chi connectivity index (χ2v) is 10.3. The summed E-state index contributed by atoms with van der Waals surface area (Å²) in [5, 5.41) is 21.1. The van der Waals surface area contributed by atoms with Crippen molar-refractivity contribution in [2.75, 3.05) is 6.61 Å². The third kappa shape index (κ3) is 3.19. The minimum atomic E-state index is -0.934. The van der Waals surface area contributed by atoms with E-state index in [1.165, 1.54) is 22.3 Å². The Balaban J connectivity index is 1.66. The zero-order valence-corrected chi connectivity index (χ0v) is 18.7. The van der Waals surface area contributed by atoms with E-state index in [1.807, 2.05) is 24.3 Å². The predicted octanol–water partition coefficient (Wildman–Crippen LogP) is 4.68. The van der Waals surface area contributed by atoms with Crippen LogP contribution in [0.5, 0.6) is 0 Å². The number of aliphatic hydroxyl groups is 2. The summed E-state index contributed by atoms with van der Waals surface area (Å²) in [5.41, 5.74) is 4.70. The van der Waals surface area contributed by atoms with E-state index in [2.05, 4.69) is 19.1 Å². The van der Waals surface area contributed by atoms with Gasteiger partial charge in [-0.05, 0) is 73.1 Å². The van der Waals surface area contributed by atoms with Crippen LogP contribution in [0.2, 0.25) is 0 Å². The van der Waals surface area contributed by atoms with Gasteiger partial charge in [0.05, 0.1) is 12.2 Å². The molecule has 4 nitrogen and oxygen atoms in total. The minimum absolute atomic E-state index is 0.0689. The number of aliphatic hydroxyl groups excluding tert-OH is 1. The van der Waals surface area contributed by atoms with Gasteiger partial charge in [0.15, 0.2) is 5.78 Å². The molecule has 1 aromatic rings. The lowest BCUT2D eigenvalue weighted by Crippen LogP contribution is -2.50. The molecule has 0 radical (unpaired) electrons. The summed E-state index contributed by atoms with van der Waals surface area (Å²) in [4.78, 5) is 23.3. The topological polar surface area (TPSA) is 74.6 Å². The van der Waals surface area contributed by atoms with Gasteiger partial charge in [0.2, 0.25) is 0 Å². The summed E-state index contributed by atoms with van der Waals surface area (Å²) in [6, 6.07) is 7.89. The molecule has 2 fully saturated rings. The molecular formula is C28H32O4. The molecular weight excluding hydrogens is 400 g/mol. The zero-order valence-electron chi connectivity index (χ0n) is 18.7. The average molecular weight is 433 g/mol. The number of fused-ring (bicyclic) bond motifs is 4. The van der Waals surface area contributed by atoms with Gasteiger partial charge < -0.3 is 10.2 Å². The van der Waals surface area contributed by atoms with E-state index in [-0.39, 0.29) is 23.7 Å². The van der Waals surface area contributed by atoms with E-state index in [0.29, 0.717) is 30.2 Å². The quantitative estimate of drug-likeness (QED) is 0.535. The molecule has 2 N–H and O–H groups in total. The Kier molecular flexibility index (Phi) is 5.34. The third-order valence-electron chi connectivity index (χ3n) is 8.92. The van der Waals surface area contributed by atoms with Crippen molar-refractivity contribution in [3.8, 4) is 0 Å². The van der Waals surface area contributed by atoms with Crippen LogP contribution in [0, 0.1) is 17.3 Å². The fourth-order valence-corrected chi connectivity index (χ4v) is 7.33. The molecule has 4 aliphatic rings. The molecule has 2 saturated carbocycles. The summed E-state index contributed by atoms with van der Waals surface area (Å²) >= 11 is 0. The van der Waals surface area contributed by atoms with Crippen molar-refractivity contribution in [1.29, 1.82) is 0 Å². The molecule has 0 aromatic heterocycles. The van der Waals surface area contributed by atoms with Crippen LogP contribution in [0.4, 0.5) is 0 Å². The molecule has 32 heavy (non-hydrogen) atoms. The fraction of sp³-hybridized carbons (Fsp3) is 0.500. The molecule has 0 unspecified atom stereocenters. The molecule has 0 saturated heterocycles. The first kappa shape index (κ1) is 21.5. The molecule has 168 valence electrons. The normalized spacial score (nSPS) is 36.5. The second-order valence-electron chi connectivity index (χ2n) is 10.3. The number of carbonyl (C=O) groups excluding carboxylic acids is 2. The summed E-state index contributed by atoms with van der Waals surface area (Å²) in [6.07, 6.45) is 12.1. The summed E-state index contributed by atoms with van der Waals surface area (Å²) in [5.74, 6) is 1.16. The molecule has 0 heterocycles. The number of benzene rings is 1. The Morgan fingerprint density at radius 2 is 1.91 bits per heavy atom. The average Bonchev–Trinajstić information content (AvgIpc) is 3.07. The lowest BCUT2D eigenvalue weighted by Gasteiger charge is -2.54. The number of hydrogen-bond acceptors (Lipinski definition) is 4. The molecule has 5 rings (SSSR count). The number of ketones is 1. The zero-order chi connectivity index (χ0) is 22.5. The highest BCUT2D eigenvalue weighted by Crippen LogP contribution is 2.67. The highest BCUT2D eigenvalue weighted by molar-refractivity contribution is 5.93. The van der Waals surface area contributed by atoms with Crippen molar-refractivity contribution in [2.45, 2.75) is 63.4 Å². The van der Waals surface area contributed by atoms with Crippen LogP contribution in [0.1, 0.15) is 73.7 Å². The third-order valence-corrected chi connectivity index (χ3v) is 8.92. The number of rotatable bonds is 4. The standard InChI is InChI=1S/C28H32O4/c1-27-16-24(19-5-3-18(17-30)4-6-19)26-22-10-8-21(31)15-20(22)7-9-23(26)25(27)11-13-28(27,32)12-2-14-29/h2-6,12,15,17,23-25,29,32H,7-11,13-14,16H2,1H3/b12-2-/t23-,24+,25-,27-,28-/m0/s1. The van der Waals surface area contributed by atoms with Gasteiger partial charge in [-0.3, -0.25) is 9.59 Å². The first-order chi connectivity index (χ1) is 15.4. The number of aldehydes is 1. The smallest absolute Gasteiger partial charge is 0.156 e. The molecule has 5 atom stereocenters. The second kappa shape index (κ2) is 7.93. The highest BCUT2D eigenvalue weighted by atomic mass is 16.3. The summed E-state index contributed by atoms with van der Waals surface area (Å²) in [7, 11) is 0. The first-order valence-corrected chi connectivity index (χ1v) is 11.9. The van der Waals surface area contributed by atoms with Gasteiger partial charge in [-0.2, -0.15) is 0 Å². The van der Waals surface area contributed by atoms with Gasteiger partial charge in [-0.1, -0.05) is 48.9 Å². The van der Waals surface area contributed by atoms with Gasteiger partial charge in [-0.25, -0.2) is 0 Å². The van der Waals surface area contributed by atoms with Crippen molar-refractivity contribution >= 4 is 12.1 Å². The molecule has 0 aliphatic heterocycles. The van der Waals surface area contributed by atoms with Crippen molar-refractivity contribution in [2.24, 2.45) is 17.3 Å². The minimum Gasteiger partial charge on any atom is -0.392 e. The van der Waals surface area contributed by atoms with Crippen LogP contribution in [0.25, 0.3) is 0 Å². The van der Waals surface area contributed by atoms with Crippen molar-refractivity contribution in [1.82, 2.24) is 0 Å². The Morgan fingerprint density at radius 1 is 1.12 bits per heavy atom. The van der Waals surface area contributed by atoms with Crippen molar-refractivity contribution in [3.05, 3.63) is 70.3 Å². The predicted molar refractivity (Wildman–Crippen MR) is 123 cm³/mol. The molecule has 1 aromatic carbocycles. The Morgan fingerprint density at radius 3 is 2.62 bits per heavy atom. The van der Waals surface area contributed by atoms with Gasteiger partial charge in [0.25, 0.3) is 0 Å². The molecule has 4 heteroatoms. The van der Waals surface area contributed by atoms with Crippen LogP contribution in [0.15, 0.2) is 59.2 Å². The number of allylic oxidation sites excluding steroid dienone is 4. The van der Waals surface area contributed by atoms with Crippen LogP contribution in [-0.4, -0.2) is 34.5 Å². The SMILES string of the molecule is C[C@]12C[C@H](c3ccc(C=O)cc3)C3=C4CCC(=O)C=C4CC[C@H]3[C@@H]1CC[C@@]2(O)/C=C\CO. The van der Waals surface area contributed by atoms with Crippen LogP contribution in [-0.2, 0) is 4.79 Å². The maximum atomic E-state index is 12.1. The van der Waals surface area contributed by atoms with Gasteiger partial charge in [0, 0.05) is 23.3 Å². The van der Waals surface area contributed by atoms with Gasteiger partial charge in [0.1, 0.15) is 6.29 Å². The maximum Gasteiger partial charge on any atom is 0.156 e. The van der Waals surface area contributed by atoms with Crippen LogP contribution >= 0.6 is 0 Å². The largest absolute Gasteiger partial charge is 0.392 e. The molecule has 0 spiro atoms. The Labute approximate surface area is 189 Å². The van der Waals surface area contributed by atoms with Crippen LogP contribution in [0.3, 0.4) is 0 Å². The lowest BCUT2D eigenvalue weighted by molar-refractivity contribution is -0.114. The molecule has 0 bridgehead atoms. The molecule has 4 aliphatic carbocycles. The van der Waals surface area contributed by atoms with E-state index in [4.69, 9.17) is 0 Å². The number of carbonyl (C=O) groups is 2. The summed E-state index contributed by atoms with van der Waals surface area (Å²) in [6.45, 7) is 2.16. The Bertz CT molecular complexity index is 1030. The van der Waals surface area contributed by atoms with E-state index in [1.54, 1.807) is 6.08 Å². The van der Waals surface area contributed by atoms with Crippen molar-refractivity contribution < 1.29 is 19.8 Å². The van der Waals surface area contributed by atoms with E-state index < -0.39 is 5.60 Å². The Hall–Kier alpha value is -2.30. The molecule has 0 amide bonds. The van der Waals surface area contributed by atoms with E-state index in [0.717, 1.165) is 38.4 Å². The summed E-state index contributed by atoms with van der Waals surface area (Å²) < 4.78 is 0. The lowest BCUT2D eigenvalue weighted by atomic mass is 9.51. The van der Waals surface area contributed by atoms with E-state index in [9.17, 15) is 19.8 Å². The monoisotopic (exact) mass is 432 g/mol. The van der Waals surface area contributed by atoms with Gasteiger partial charge >= 0.3 is 0 Å². The number of hydrogen-bond donors (Lipinski definition) is 2. The first-order valence-electron chi connectivity index (χ1n) is 11.9. The van der Waals surface area contributed by atoms with Gasteiger partial charge in [-0.15, -0.1) is 0 Å². The van der Waals surface area contributed by atoms with Crippen molar-refractivity contribution in [3.63, 3.8) is 0 Å².